The predicted molar refractivity (Wildman–Crippen MR) is 119 cm³/mol. The fraction of sp³-hybridized carbons (Fsp3) is 0.125. The Morgan fingerprint density at radius 2 is 1.21 bits per heavy atom. The van der Waals surface area contributed by atoms with Crippen LogP contribution >= 0.6 is 7.26 Å². The first-order chi connectivity index (χ1) is 13.7. The molecule has 0 aliphatic heterocycles. The van der Waals surface area contributed by atoms with Crippen LogP contribution < -0.4 is 21.2 Å². The van der Waals surface area contributed by atoms with Gasteiger partial charge in [-0.2, -0.15) is 0 Å². The van der Waals surface area contributed by atoms with Gasteiger partial charge in [-0.1, -0.05) is 54.6 Å². The van der Waals surface area contributed by atoms with Crippen LogP contribution in [0.1, 0.15) is 6.92 Å². The largest absolute Gasteiger partial charge is 0.468 e. The van der Waals surface area contributed by atoms with E-state index < -0.39 is 7.26 Å². The summed E-state index contributed by atoms with van der Waals surface area (Å²) in [6.45, 7) is 2.16. The number of allylic oxidation sites excluding steroid dienone is 1. The molecule has 0 bridgehead atoms. The lowest BCUT2D eigenvalue weighted by Gasteiger charge is -2.25. The second kappa shape index (κ2) is 9.34. The lowest BCUT2D eigenvalue weighted by Crippen LogP contribution is -2.31. The number of carbonyl (C=O) groups is 1. The molecule has 0 spiro atoms. The third-order valence-corrected chi connectivity index (χ3v) is 8.73. The summed E-state index contributed by atoms with van der Waals surface area (Å²) in [6, 6.07) is 31.8. The van der Waals surface area contributed by atoms with Gasteiger partial charge in [0.1, 0.15) is 29.7 Å². The number of benzene rings is 3. The maximum absolute atomic E-state index is 11.6. The van der Waals surface area contributed by atoms with Crippen LogP contribution in [0.5, 0.6) is 0 Å². The van der Waals surface area contributed by atoms with Crippen LogP contribution in [-0.2, 0) is 9.53 Å². The Hall–Kier alpha value is -2.90. The van der Waals surface area contributed by atoms with Crippen molar-refractivity contribution in [3.05, 3.63) is 103 Å². The normalized spacial score (nSPS) is 11.7. The molecule has 0 aromatic heterocycles. The Kier molecular flexibility index (Phi) is 6.62. The van der Waals surface area contributed by atoms with Gasteiger partial charge >= 0.3 is 5.97 Å². The first-order valence-electron chi connectivity index (χ1n) is 9.22. The number of hydrogen-bond donors (Lipinski definition) is 1. The average molecular weight is 390 g/mol. The van der Waals surface area contributed by atoms with E-state index in [1.165, 1.54) is 23.0 Å². The number of rotatable bonds is 7. The molecule has 1 N–H and O–H groups in total. The molecule has 0 aliphatic carbocycles. The van der Waals surface area contributed by atoms with Crippen LogP contribution in [-0.4, -0.2) is 19.6 Å². The molecule has 0 aliphatic rings. The van der Waals surface area contributed by atoms with E-state index in [0.29, 0.717) is 0 Å². The lowest BCUT2D eigenvalue weighted by atomic mass is 10.4. The number of ether oxygens (including phenoxy) is 1. The monoisotopic (exact) mass is 390 g/mol. The minimum absolute atomic E-state index is 0.150. The van der Waals surface area contributed by atoms with Crippen molar-refractivity contribution in [1.82, 2.24) is 5.32 Å². The zero-order chi connectivity index (χ0) is 19.8. The van der Waals surface area contributed by atoms with Crippen LogP contribution in [0.15, 0.2) is 103 Å². The number of esters is 1. The Labute approximate surface area is 167 Å². The molecule has 0 amide bonds. The second-order valence-corrected chi connectivity index (χ2v) is 9.72. The lowest BCUT2D eigenvalue weighted by molar-refractivity contribution is -0.139. The summed E-state index contributed by atoms with van der Waals surface area (Å²) in [6.07, 6.45) is 0. The second-order valence-electron chi connectivity index (χ2n) is 6.47. The summed E-state index contributed by atoms with van der Waals surface area (Å²) in [7, 11) is -0.653. The fourth-order valence-corrected chi connectivity index (χ4v) is 7.22. The first-order valence-corrected chi connectivity index (χ1v) is 11.1. The van der Waals surface area contributed by atoms with E-state index in [-0.39, 0.29) is 12.5 Å². The van der Waals surface area contributed by atoms with Crippen molar-refractivity contribution in [3.63, 3.8) is 0 Å². The highest BCUT2D eigenvalue weighted by atomic mass is 31.2. The molecule has 0 heterocycles. The van der Waals surface area contributed by atoms with Crippen molar-refractivity contribution < 1.29 is 9.53 Å². The number of hydrogen-bond acceptors (Lipinski definition) is 3. The van der Waals surface area contributed by atoms with Crippen molar-refractivity contribution in [2.75, 3.05) is 13.7 Å². The van der Waals surface area contributed by atoms with Gasteiger partial charge in [0.05, 0.1) is 12.9 Å². The molecule has 0 saturated heterocycles. The van der Waals surface area contributed by atoms with Crippen LogP contribution in [0.25, 0.3) is 0 Å². The van der Waals surface area contributed by atoms with Crippen molar-refractivity contribution in [1.29, 1.82) is 0 Å². The summed E-state index contributed by atoms with van der Waals surface area (Å²) in [5, 5.41) is 7.02. The molecule has 3 aromatic carbocycles. The van der Waals surface area contributed by atoms with E-state index in [1.54, 1.807) is 0 Å². The van der Waals surface area contributed by atoms with Gasteiger partial charge < -0.3 is 10.1 Å². The van der Waals surface area contributed by atoms with Crippen LogP contribution in [0, 0.1) is 0 Å². The highest BCUT2D eigenvalue weighted by Gasteiger charge is 2.43. The topological polar surface area (TPSA) is 38.3 Å². The van der Waals surface area contributed by atoms with E-state index in [2.05, 4.69) is 83.9 Å². The summed E-state index contributed by atoms with van der Waals surface area (Å²) in [5.74, 6) is 2.02. The van der Waals surface area contributed by atoms with Crippen molar-refractivity contribution in [2.45, 2.75) is 6.92 Å². The minimum Gasteiger partial charge on any atom is -0.468 e. The number of methoxy groups -OCH3 is 1. The molecular weight excluding hydrogens is 365 g/mol. The molecule has 4 heteroatoms. The predicted octanol–water partition coefficient (Wildman–Crippen LogP) is 3.60. The molecule has 0 unspecified atom stereocenters. The molecule has 142 valence electrons. The van der Waals surface area contributed by atoms with E-state index in [4.69, 9.17) is 4.74 Å². The standard InChI is InChI=1S/C24H25NO2P/c1-20(25-18-24(26)27-2)19-28(21-12-6-3-7-13-21,22-14-8-4-9-15-22)23-16-10-5-11-17-23/h3-17,19,25H,18H2,1-2H3/q+1/b20-19+. The van der Waals surface area contributed by atoms with Crippen LogP contribution in [0.3, 0.4) is 0 Å². The first kappa shape index (κ1) is 19.9. The highest BCUT2D eigenvalue weighted by Crippen LogP contribution is 2.57. The van der Waals surface area contributed by atoms with Crippen molar-refractivity contribution in [3.8, 4) is 0 Å². The van der Waals surface area contributed by atoms with Crippen molar-refractivity contribution >= 4 is 29.1 Å². The summed E-state index contributed by atoms with van der Waals surface area (Å²) in [5.41, 5.74) is 0.954. The molecular formula is C24H25NO2P+. The average Bonchev–Trinajstić information content (AvgIpc) is 2.77. The zero-order valence-electron chi connectivity index (χ0n) is 16.2. The van der Waals surface area contributed by atoms with Crippen molar-refractivity contribution in [2.24, 2.45) is 0 Å². The Balaban J connectivity index is 2.21. The van der Waals surface area contributed by atoms with E-state index in [9.17, 15) is 4.79 Å². The van der Waals surface area contributed by atoms with Gasteiger partial charge in [-0.15, -0.1) is 0 Å². The van der Waals surface area contributed by atoms with E-state index in [1.807, 2.05) is 25.1 Å². The summed E-state index contributed by atoms with van der Waals surface area (Å²) in [4.78, 5) is 11.6. The molecule has 28 heavy (non-hydrogen) atoms. The Bertz CT molecular complexity index is 828. The zero-order valence-corrected chi connectivity index (χ0v) is 17.1. The number of nitrogens with one attached hydrogen (secondary N) is 1. The summed E-state index contributed by atoms with van der Waals surface area (Å²) >= 11 is 0. The maximum atomic E-state index is 11.6. The minimum atomic E-state index is -2.05. The quantitative estimate of drug-likeness (QED) is 0.495. The van der Waals surface area contributed by atoms with Gasteiger partial charge in [-0.05, 0) is 43.3 Å². The van der Waals surface area contributed by atoms with E-state index >= 15 is 0 Å². The van der Waals surface area contributed by atoms with Crippen LogP contribution in [0.4, 0.5) is 0 Å². The fourth-order valence-electron chi connectivity index (χ4n) is 3.28. The Morgan fingerprint density at radius 1 is 0.821 bits per heavy atom. The third-order valence-electron chi connectivity index (χ3n) is 4.62. The molecule has 3 nitrogen and oxygen atoms in total. The SMILES string of the molecule is COC(=O)CN/C(C)=C/[P+](c1ccccc1)(c1ccccc1)c1ccccc1. The van der Waals surface area contributed by atoms with Gasteiger partial charge in [0, 0.05) is 5.70 Å². The molecule has 0 saturated carbocycles. The van der Waals surface area contributed by atoms with Crippen LogP contribution in [0.2, 0.25) is 0 Å². The maximum Gasteiger partial charge on any atom is 0.325 e. The molecule has 0 fully saturated rings. The van der Waals surface area contributed by atoms with Gasteiger partial charge in [0.15, 0.2) is 0 Å². The van der Waals surface area contributed by atoms with Gasteiger partial charge in [0.2, 0.25) is 0 Å². The van der Waals surface area contributed by atoms with Gasteiger partial charge in [-0.25, -0.2) is 0 Å². The van der Waals surface area contributed by atoms with Gasteiger partial charge in [0.25, 0.3) is 0 Å². The highest BCUT2D eigenvalue weighted by molar-refractivity contribution is 7.98. The molecule has 3 aromatic rings. The summed E-state index contributed by atoms with van der Waals surface area (Å²) < 4.78 is 4.77. The van der Waals surface area contributed by atoms with E-state index in [0.717, 1.165) is 5.70 Å². The smallest absolute Gasteiger partial charge is 0.325 e. The molecule has 3 rings (SSSR count). The number of carbonyl (C=O) groups excluding carboxylic acids is 1. The third kappa shape index (κ3) is 4.32. The molecule has 0 radical (unpaired) electrons. The molecule has 0 atom stereocenters. The Morgan fingerprint density at radius 3 is 1.57 bits per heavy atom. The van der Waals surface area contributed by atoms with Gasteiger partial charge in [-0.3, -0.25) is 4.79 Å².